The van der Waals surface area contributed by atoms with Crippen molar-refractivity contribution in [1.82, 2.24) is 0 Å². The number of rotatable bonds is 8. The van der Waals surface area contributed by atoms with Crippen LogP contribution < -0.4 is 0 Å². The van der Waals surface area contributed by atoms with Crippen LogP contribution in [0.3, 0.4) is 0 Å². The number of carbonyl (C=O) groups is 1. The van der Waals surface area contributed by atoms with Gasteiger partial charge < -0.3 is 14.2 Å². The van der Waals surface area contributed by atoms with Crippen molar-refractivity contribution in [3.8, 4) is 0 Å². The second-order valence-corrected chi connectivity index (χ2v) is 10.5. The van der Waals surface area contributed by atoms with Gasteiger partial charge in [0.15, 0.2) is 0 Å². The summed E-state index contributed by atoms with van der Waals surface area (Å²) < 4.78 is 30.2. The van der Waals surface area contributed by atoms with E-state index in [1.807, 2.05) is 30.3 Å². The molecule has 0 N–H and O–H groups in total. The number of hydrogen-bond donors (Lipinski definition) is 0. The van der Waals surface area contributed by atoms with Crippen molar-refractivity contribution in [2.24, 2.45) is 16.7 Å². The van der Waals surface area contributed by atoms with Crippen LogP contribution in [-0.4, -0.2) is 42.4 Å². The van der Waals surface area contributed by atoms with Crippen LogP contribution in [0.25, 0.3) is 0 Å². The molecule has 0 aliphatic heterocycles. The first-order chi connectivity index (χ1) is 13.8. The van der Waals surface area contributed by atoms with Gasteiger partial charge in [0.1, 0.15) is 0 Å². The molecular formula is C23H32O5S. The van der Waals surface area contributed by atoms with Crippen LogP contribution in [-0.2, 0) is 36.4 Å². The standard InChI is InChI=1S/C23H32O5S/c1-22(2)18-11-12-23(22,3)21(27-5)20(18)29(25)17(13-19(24)26-4)15-28-14-16-9-7-6-8-10-16/h6-10,13,18,20-21H,11-12,14-15H2,1-5H3/b17-13+/t18-,20-,21-,23+,29-/m1/s1. The Morgan fingerprint density at radius 3 is 2.52 bits per heavy atom. The maximum Gasteiger partial charge on any atom is 0.331 e. The SMILES string of the molecule is COC(=O)/C=C(\COCc1ccccc1)[S@@](=O)[C@@H]1[C@H]2CC[C@@](C)([C@@H]1OC)C2(C)C. The third-order valence-electron chi connectivity index (χ3n) is 7.29. The van der Waals surface area contributed by atoms with Gasteiger partial charge in [0, 0.05) is 23.5 Å². The molecule has 2 aliphatic carbocycles. The molecule has 1 aromatic rings. The van der Waals surface area contributed by atoms with E-state index in [9.17, 15) is 9.00 Å². The normalized spacial score (nSPS) is 31.6. The van der Waals surface area contributed by atoms with Crippen molar-refractivity contribution >= 4 is 16.8 Å². The second-order valence-electron chi connectivity index (χ2n) is 8.81. The van der Waals surface area contributed by atoms with Crippen LogP contribution in [0.1, 0.15) is 39.2 Å². The molecule has 2 fully saturated rings. The number of fused-ring (bicyclic) bond motifs is 2. The lowest BCUT2D eigenvalue weighted by Gasteiger charge is -2.39. The molecule has 5 nitrogen and oxygen atoms in total. The van der Waals surface area contributed by atoms with Crippen LogP contribution in [0.2, 0.25) is 0 Å². The zero-order valence-electron chi connectivity index (χ0n) is 18.0. The molecule has 0 unspecified atom stereocenters. The predicted molar refractivity (Wildman–Crippen MR) is 114 cm³/mol. The molecule has 2 bridgehead atoms. The average molecular weight is 421 g/mol. The van der Waals surface area contributed by atoms with Gasteiger partial charge in [0.2, 0.25) is 0 Å². The fraction of sp³-hybridized carbons (Fsp3) is 0.609. The first-order valence-corrected chi connectivity index (χ1v) is 11.3. The molecule has 0 aromatic heterocycles. The van der Waals surface area contributed by atoms with Crippen molar-refractivity contribution < 1.29 is 23.2 Å². The van der Waals surface area contributed by atoms with E-state index in [1.54, 1.807) is 7.11 Å². The zero-order valence-corrected chi connectivity index (χ0v) is 18.8. The molecule has 0 heterocycles. The Labute approximate surface area is 176 Å². The highest BCUT2D eigenvalue weighted by atomic mass is 32.2. The lowest BCUT2D eigenvalue weighted by Crippen LogP contribution is -2.43. The number of benzene rings is 1. The summed E-state index contributed by atoms with van der Waals surface area (Å²) in [6.07, 6.45) is 3.30. The van der Waals surface area contributed by atoms with Gasteiger partial charge >= 0.3 is 5.97 Å². The van der Waals surface area contributed by atoms with Gasteiger partial charge in [-0.15, -0.1) is 0 Å². The van der Waals surface area contributed by atoms with Crippen LogP contribution in [0.4, 0.5) is 0 Å². The van der Waals surface area contributed by atoms with Crippen LogP contribution in [0.5, 0.6) is 0 Å². The lowest BCUT2D eigenvalue weighted by molar-refractivity contribution is -0.134. The summed E-state index contributed by atoms with van der Waals surface area (Å²) in [4.78, 5) is 12.4. The van der Waals surface area contributed by atoms with E-state index < -0.39 is 16.8 Å². The summed E-state index contributed by atoms with van der Waals surface area (Å²) in [6, 6.07) is 9.79. The summed E-state index contributed by atoms with van der Waals surface area (Å²) >= 11 is 0. The summed E-state index contributed by atoms with van der Waals surface area (Å²) in [5.74, 6) is -0.243. The molecule has 0 radical (unpaired) electrons. The van der Waals surface area contributed by atoms with Gasteiger partial charge in [-0.05, 0) is 29.7 Å². The molecule has 160 valence electrons. The molecule has 0 amide bonds. The highest BCUT2D eigenvalue weighted by Gasteiger charge is 2.68. The van der Waals surface area contributed by atoms with Crippen LogP contribution >= 0.6 is 0 Å². The van der Waals surface area contributed by atoms with Crippen molar-refractivity contribution in [2.45, 2.75) is 51.6 Å². The molecule has 2 aliphatic rings. The van der Waals surface area contributed by atoms with E-state index in [-0.39, 0.29) is 34.7 Å². The molecule has 1 aromatic carbocycles. The van der Waals surface area contributed by atoms with Gasteiger partial charge in [-0.1, -0.05) is 51.1 Å². The minimum atomic E-state index is -1.40. The number of esters is 1. The highest BCUT2D eigenvalue weighted by molar-refractivity contribution is 7.89. The Morgan fingerprint density at radius 1 is 1.21 bits per heavy atom. The van der Waals surface area contributed by atoms with Gasteiger partial charge in [-0.2, -0.15) is 0 Å². The molecule has 0 spiro atoms. The highest BCUT2D eigenvalue weighted by Crippen LogP contribution is 2.67. The number of hydrogen-bond acceptors (Lipinski definition) is 5. The number of methoxy groups -OCH3 is 2. The van der Waals surface area contributed by atoms with E-state index in [0.717, 1.165) is 18.4 Å². The fourth-order valence-corrected chi connectivity index (χ4v) is 7.41. The van der Waals surface area contributed by atoms with Crippen molar-refractivity contribution in [2.75, 3.05) is 20.8 Å². The van der Waals surface area contributed by atoms with E-state index in [4.69, 9.17) is 14.2 Å². The van der Waals surface area contributed by atoms with Crippen molar-refractivity contribution in [1.29, 1.82) is 0 Å². The quantitative estimate of drug-likeness (QED) is 0.472. The Hall–Kier alpha value is -1.50. The smallest absolute Gasteiger partial charge is 0.331 e. The topological polar surface area (TPSA) is 61.8 Å². The monoisotopic (exact) mass is 420 g/mol. The summed E-state index contributed by atoms with van der Waals surface area (Å²) in [7, 11) is 1.62. The van der Waals surface area contributed by atoms with E-state index in [2.05, 4.69) is 20.8 Å². The minimum absolute atomic E-state index is 0.0231. The maximum absolute atomic E-state index is 13.7. The number of carbonyl (C=O) groups excluding carboxylic acids is 1. The number of ether oxygens (including phenoxy) is 3. The Kier molecular flexibility index (Phi) is 6.66. The zero-order chi connectivity index (χ0) is 21.2. The summed E-state index contributed by atoms with van der Waals surface area (Å²) in [5, 5.41) is -0.162. The predicted octanol–water partition coefficient (Wildman–Crippen LogP) is 3.85. The summed E-state index contributed by atoms with van der Waals surface area (Å²) in [5.41, 5.74) is 1.02. The lowest BCUT2D eigenvalue weighted by atomic mass is 9.70. The molecule has 6 heteroatoms. The van der Waals surface area contributed by atoms with Crippen LogP contribution in [0.15, 0.2) is 41.3 Å². The van der Waals surface area contributed by atoms with Crippen LogP contribution in [0, 0.1) is 16.7 Å². The first kappa shape index (κ1) is 22.2. The maximum atomic E-state index is 13.7. The molecule has 2 saturated carbocycles. The van der Waals surface area contributed by atoms with Gasteiger partial charge in [0.25, 0.3) is 0 Å². The van der Waals surface area contributed by atoms with Gasteiger partial charge in [-0.25, -0.2) is 4.79 Å². The Morgan fingerprint density at radius 2 is 1.90 bits per heavy atom. The largest absolute Gasteiger partial charge is 0.466 e. The third-order valence-corrected chi connectivity index (χ3v) is 9.11. The van der Waals surface area contributed by atoms with E-state index >= 15 is 0 Å². The minimum Gasteiger partial charge on any atom is -0.466 e. The van der Waals surface area contributed by atoms with Gasteiger partial charge in [-0.3, -0.25) is 4.21 Å². The second kappa shape index (κ2) is 8.70. The van der Waals surface area contributed by atoms with Crippen molar-refractivity contribution in [3.63, 3.8) is 0 Å². The van der Waals surface area contributed by atoms with Crippen molar-refractivity contribution in [3.05, 3.63) is 46.9 Å². The van der Waals surface area contributed by atoms with E-state index in [1.165, 1.54) is 13.2 Å². The average Bonchev–Trinajstić information content (AvgIpc) is 3.04. The fourth-order valence-electron chi connectivity index (χ4n) is 5.24. The van der Waals surface area contributed by atoms with E-state index in [0.29, 0.717) is 11.5 Å². The first-order valence-electron chi connectivity index (χ1n) is 10.1. The molecule has 5 atom stereocenters. The summed E-state index contributed by atoms with van der Waals surface area (Å²) in [6.45, 7) is 7.26. The Bertz CT molecular complexity index is 788. The van der Waals surface area contributed by atoms with Gasteiger partial charge in [0.05, 0.1) is 42.5 Å². The molecule has 0 saturated heterocycles. The molecule has 29 heavy (non-hydrogen) atoms. The Balaban J connectivity index is 1.81. The third kappa shape index (κ3) is 3.94. The molecular weight excluding hydrogens is 388 g/mol. The molecule has 3 rings (SSSR count).